The highest BCUT2D eigenvalue weighted by atomic mass is 32.2. The summed E-state index contributed by atoms with van der Waals surface area (Å²) in [6.45, 7) is 5.84. The van der Waals surface area contributed by atoms with Crippen LogP contribution >= 0.6 is 23.1 Å². The Kier molecular flexibility index (Phi) is 4.97. The van der Waals surface area contributed by atoms with Crippen LogP contribution in [0.15, 0.2) is 51.0 Å². The van der Waals surface area contributed by atoms with Crippen molar-refractivity contribution in [3.63, 3.8) is 0 Å². The molecule has 0 bridgehead atoms. The largest absolute Gasteiger partial charge is 0.320 e. The van der Waals surface area contributed by atoms with Crippen molar-refractivity contribution in [1.82, 2.24) is 9.97 Å². The molecule has 1 N–H and O–H groups in total. The van der Waals surface area contributed by atoms with Gasteiger partial charge in [0.2, 0.25) is 0 Å². The molecule has 0 atom stereocenters. The van der Waals surface area contributed by atoms with E-state index in [4.69, 9.17) is 0 Å². The molecule has 0 saturated heterocycles. The van der Waals surface area contributed by atoms with E-state index in [2.05, 4.69) is 21.4 Å². The highest BCUT2D eigenvalue weighted by Crippen LogP contribution is 2.32. The molecule has 2 heterocycles. The first kappa shape index (κ1) is 16.7. The predicted molar refractivity (Wildman–Crippen MR) is 99.1 cm³/mol. The van der Waals surface area contributed by atoms with Gasteiger partial charge in [0.25, 0.3) is 5.91 Å². The van der Waals surface area contributed by atoms with Gasteiger partial charge in [-0.1, -0.05) is 17.8 Å². The van der Waals surface area contributed by atoms with Crippen LogP contribution in [0.3, 0.4) is 0 Å². The zero-order valence-corrected chi connectivity index (χ0v) is 15.3. The van der Waals surface area contributed by atoms with Gasteiger partial charge in [0.05, 0.1) is 0 Å². The van der Waals surface area contributed by atoms with Crippen LogP contribution in [-0.4, -0.2) is 15.9 Å². The Morgan fingerprint density at radius 1 is 1.08 bits per heavy atom. The van der Waals surface area contributed by atoms with Crippen molar-refractivity contribution >= 4 is 34.7 Å². The molecule has 0 unspecified atom stereocenters. The Labute approximate surface area is 149 Å². The third-order valence-corrected chi connectivity index (χ3v) is 5.42. The summed E-state index contributed by atoms with van der Waals surface area (Å²) in [6, 6.07) is 11.4. The lowest BCUT2D eigenvalue weighted by Gasteiger charge is -2.09. The second-order valence-corrected chi connectivity index (χ2v) is 7.63. The van der Waals surface area contributed by atoms with Crippen LogP contribution in [0.4, 0.5) is 5.69 Å². The first-order chi connectivity index (χ1) is 11.5. The first-order valence-electron chi connectivity index (χ1n) is 7.47. The molecular weight excluding hydrogens is 338 g/mol. The fourth-order valence-electron chi connectivity index (χ4n) is 2.18. The molecule has 0 spiro atoms. The molecule has 3 rings (SSSR count). The SMILES string of the molecule is Cc1cccc(C(=O)Nc2ccc(Sc3nc(C)cs3)cc2C)n1. The number of anilines is 1. The zero-order valence-electron chi connectivity index (χ0n) is 13.7. The molecule has 6 heteroatoms. The minimum Gasteiger partial charge on any atom is -0.320 e. The Balaban J connectivity index is 1.74. The van der Waals surface area contributed by atoms with Gasteiger partial charge in [-0.25, -0.2) is 9.97 Å². The van der Waals surface area contributed by atoms with Crippen LogP contribution in [0.5, 0.6) is 0 Å². The van der Waals surface area contributed by atoms with Crippen molar-refractivity contribution in [2.24, 2.45) is 0 Å². The number of thiazole rings is 1. The Morgan fingerprint density at radius 2 is 1.92 bits per heavy atom. The van der Waals surface area contributed by atoms with Crippen LogP contribution in [0.1, 0.15) is 27.4 Å². The van der Waals surface area contributed by atoms with E-state index in [1.165, 1.54) is 0 Å². The van der Waals surface area contributed by atoms with Gasteiger partial charge in [-0.2, -0.15) is 0 Å². The Bertz CT molecular complexity index is 889. The molecule has 1 aromatic carbocycles. The Hall–Kier alpha value is -2.18. The number of carbonyl (C=O) groups excluding carboxylic acids is 1. The van der Waals surface area contributed by atoms with Crippen molar-refractivity contribution in [2.75, 3.05) is 5.32 Å². The third kappa shape index (κ3) is 4.01. The van der Waals surface area contributed by atoms with E-state index in [9.17, 15) is 4.79 Å². The Morgan fingerprint density at radius 3 is 2.58 bits per heavy atom. The van der Waals surface area contributed by atoms with Crippen molar-refractivity contribution < 1.29 is 4.79 Å². The van der Waals surface area contributed by atoms with Gasteiger partial charge in [0.1, 0.15) is 5.69 Å². The predicted octanol–water partition coefficient (Wildman–Crippen LogP) is 4.87. The van der Waals surface area contributed by atoms with Crippen LogP contribution in [-0.2, 0) is 0 Å². The number of benzene rings is 1. The summed E-state index contributed by atoms with van der Waals surface area (Å²) in [5.74, 6) is -0.197. The second kappa shape index (κ2) is 7.15. The number of rotatable bonds is 4. The molecule has 0 aliphatic heterocycles. The number of hydrogen-bond acceptors (Lipinski definition) is 5. The van der Waals surface area contributed by atoms with Gasteiger partial charge in [0.15, 0.2) is 4.34 Å². The number of aryl methyl sites for hydroxylation is 3. The van der Waals surface area contributed by atoms with E-state index in [0.717, 1.165) is 31.9 Å². The molecular formula is C18H17N3OS2. The second-order valence-electron chi connectivity index (χ2n) is 5.45. The van der Waals surface area contributed by atoms with E-state index < -0.39 is 0 Å². The van der Waals surface area contributed by atoms with Gasteiger partial charge < -0.3 is 5.32 Å². The average Bonchev–Trinajstić information content (AvgIpc) is 2.95. The number of nitrogens with zero attached hydrogens (tertiary/aromatic N) is 2. The van der Waals surface area contributed by atoms with E-state index in [-0.39, 0.29) is 5.91 Å². The van der Waals surface area contributed by atoms with E-state index >= 15 is 0 Å². The lowest BCUT2D eigenvalue weighted by Crippen LogP contribution is -2.14. The normalized spacial score (nSPS) is 10.6. The summed E-state index contributed by atoms with van der Waals surface area (Å²) in [4.78, 5) is 22.1. The molecule has 0 aliphatic carbocycles. The molecule has 2 aromatic heterocycles. The third-order valence-electron chi connectivity index (χ3n) is 3.37. The molecule has 0 saturated carbocycles. The number of aromatic nitrogens is 2. The molecule has 0 aliphatic rings. The molecule has 4 nitrogen and oxygen atoms in total. The lowest BCUT2D eigenvalue weighted by molar-refractivity contribution is 0.102. The average molecular weight is 355 g/mol. The number of carbonyl (C=O) groups is 1. The van der Waals surface area contributed by atoms with Crippen LogP contribution < -0.4 is 5.32 Å². The van der Waals surface area contributed by atoms with Crippen molar-refractivity contribution in [3.05, 3.63) is 64.4 Å². The number of nitrogens with one attached hydrogen (secondary N) is 1. The number of pyridine rings is 1. The van der Waals surface area contributed by atoms with Crippen molar-refractivity contribution in [2.45, 2.75) is 30.0 Å². The molecule has 0 radical (unpaired) electrons. The van der Waals surface area contributed by atoms with Crippen molar-refractivity contribution in [1.29, 1.82) is 0 Å². The summed E-state index contributed by atoms with van der Waals surface area (Å²) >= 11 is 3.27. The monoisotopic (exact) mass is 355 g/mol. The molecule has 3 aromatic rings. The topological polar surface area (TPSA) is 54.9 Å². The molecule has 122 valence electrons. The maximum absolute atomic E-state index is 12.3. The van der Waals surface area contributed by atoms with Crippen LogP contribution in [0, 0.1) is 20.8 Å². The fraction of sp³-hybridized carbons (Fsp3) is 0.167. The van der Waals surface area contributed by atoms with E-state index in [1.54, 1.807) is 29.2 Å². The lowest BCUT2D eigenvalue weighted by atomic mass is 10.2. The van der Waals surface area contributed by atoms with Crippen LogP contribution in [0.2, 0.25) is 0 Å². The van der Waals surface area contributed by atoms with Crippen LogP contribution in [0.25, 0.3) is 0 Å². The summed E-state index contributed by atoms with van der Waals surface area (Å²) in [5, 5.41) is 4.97. The minimum atomic E-state index is -0.197. The first-order valence-corrected chi connectivity index (χ1v) is 9.16. The standard InChI is InChI=1S/C18H17N3OS2/c1-11-9-14(24-18-20-13(3)10-23-18)7-8-15(11)21-17(22)16-6-4-5-12(2)19-16/h4-10H,1-3H3,(H,21,22). The van der Waals surface area contributed by atoms with E-state index in [0.29, 0.717) is 5.69 Å². The van der Waals surface area contributed by atoms with Gasteiger partial charge >= 0.3 is 0 Å². The van der Waals surface area contributed by atoms with Gasteiger partial charge in [0, 0.05) is 27.4 Å². The summed E-state index contributed by atoms with van der Waals surface area (Å²) in [6.07, 6.45) is 0. The van der Waals surface area contributed by atoms with E-state index in [1.807, 2.05) is 50.4 Å². The quantitative estimate of drug-likeness (QED) is 0.725. The fourth-order valence-corrected chi connectivity index (χ4v) is 4.09. The summed E-state index contributed by atoms with van der Waals surface area (Å²) in [5.41, 5.74) is 4.09. The highest BCUT2D eigenvalue weighted by Gasteiger charge is 2.10. The van der Waals surface area contributed by atoms with Gasteiger partial charge in [-0.3, -0.25) is 4.79 Å². The summed E-state index contributed by atoms with van der Waals surface area (Å²) < 4.78 is 1.02. The van der Waals surface area contributed by atoms with Gasteiger partial charge in [-0.05, 0) is 56.7 Å². The van der Waals surface area contributed by atoms with Gasteiger partial charge in [-0.15, -0.1) is 11.3 Å². The smallest absolute Gasteiger partial charge is 0.274 e. The molecule has 24 heavy (non-hydrogen) atoms. The minimum absolute atomic E-state index is 0.197. The maximum Gasteiger partial charge on any atom is 0.274 e. The maximum atomic E-state index is 12.3. The number of hydrogen-bond donors (Lipinski definition) is 1. The molecule has 0 fully saturated rings. The number of amides is 1. The highest BCUT2D eigenvalue weighted by molar-refractivity contribution is 8.01. The zero-order chi connectivity index (χ0) is 17.1. The summed E-state index contributed by atoms with van der Waals surface area (Å²) in [7, 11) is 0. The van der Waals surface area contributed by atoms with Crippen molar-refractivity contribution in [3.8, 4) is 0 Å². The molecule has 1 amide bonds.